The summed E-state index contributed by atoms with van der Waals surface area (Å²) in [5, 5.41) is 8.38. The number of halogens is 3. The normalized spacial score (nSPS) is 11.3. The van der Waals surface area contributed by atoms with Gasteiger partial charge in [-0.3, -0.25) is 0 Å². The van der Waals surface area contributed by atoms with Crippen molar-refractivity contribution < 1.29 is 4.39 Å². The standard InChI is InChI=1S/C9H8BrFN2.ClH/c10-6-1-2-7(8(11)5-6)9(13)3-4-12;/h1-2,5,9H,3,13H2;1H/t9-;/m1./s1. The molecule has 0 heterocycles. The third-order valence-corrected chi connectivity index (χ3v) is 2.17. The lowest BCUT2D eigenvalue weighted by molar-refractivity contribution is 0.584. The largest absolute Gasteiger partial charge is 0.323 e. The van der Waals surface area contributed by atoms with Crippen molar-refractivity contribution in [3.05, 3.63) is 34.1 Å². The summed E-state index contributed by atoms with van der Waals surface area (Å²) < 4.78 is 13.9. The van der Waals surface area contributed by atoms with Crippen LogP contribution in [0.3, 0.4) is 0 Å². The van der Waals surface area contributed by atoms with E-state index in [1.165, 1.54) is 6.07 Å². The van der Waals surface area contributed by atoms with Gasteiger partial charge in [-0.05, 0) is 12.1 Å². The molecule has 2 N–H and O–H groups in total. The van der Waals surface area contributed by atoms with Gasteiger partial charge in [0.05, 0.1) is 12.5 Å². The van der Waals surface area contributed by atoms with Gasteiger partial charge >= 0.3 is 0 Å². The van der Waals surface area contributed by atoms with Gasteiger partial charge in [0.25, 0.3) is 0 Å². The summed E-state index contributed by atoms with van der Waals surface area (Å²) in [5.41, 5.74) is 5.96. The van der Waals surface area contributed by atoms with Crippen LogP contribution < -0.4 is 5.73 Å². The summed E-state index contributed by atoms with van der Waals surface area (Å²) in [5.74, 6) is -0.378. The van der Waals surface area contributed by atoms with Crippen molar-refractivity contribution >= 4 is 28.3 Å². The SMILES string of the molecule is Cl.N#CC[C@@H](N)c1ccc(Br)cc1F. The van der Waals surface area contributed by atoms with Crippen molar-refractivity contribution in [2.75, 3.05) is 0 Å². The van der Waals surface area contributed by atoms with E-state index in [1.54, 1.807) is 12.1 Å². The molecule has 2 nitrogen and oxygen atoms in total. The van der Waals surface area contributed by atoms with Crippen molar-refractivity contribution in [1.82, 2.24) is 0 Å². The van der Waals surface area contributed by atoms with Crippen LogP contribution in [0.2, 0.25) is 0 Å². The summed E-state index contributed by atoms with van der Waals surface area (Å²) >= 11 is 3.14. The van der Waals surface area contributed by atoms with Crippen LogP contribution in [-0.2, 0) is 0 Å². The maximum absolute atomic E-state index is 13.2. The molecular formula is C9H9BrClFN2. The number of nitrogens with two attached hydrogens (primary N) is 1. The topological polar surface area (TPSA) is 49.8 Å². The Morgan fingerprint density at radius 2 is 2.21 bits per heavy atom. The van der Waals surface area contributed by atoms with E-state index in [4.69, 9.17) is 11.0 Å². The molecule has 0 aromatic heterocycles. The Morgan fingerprint density at radius 3 is 2.71 bits per heavy atom. The van der Waals surface area contributed by atoms with Crippen LogP contribution in [0.15, 0.2) is 22.7 Å². The Labute approximate surface area is 96.4 Å². The van der Waals surface area contributed by atoms with Crippen molar-refractivity contribution in [1.29, 1.82) is 5.26 Å². The summed E-state index contributed by atoms with van der Waals surface area (Å²) in [6.45, 7) is 0. The Bertz CT molecular complexity index is 351. The summed E-state index contributed by atoms with van der Waals surface area (Å²) in [6.07, 6.45) is 0.124. The highest BCUT2D eigenvalue weighted by molar-refractivity contribution is 9.10. The molecular weight excluding hydrogens is 270 g/mol. The molecule has 0 saturated carbocycles. The highest BCUT2D eigenvalue weighted by Crippen LogP contribution is 2.21. The number of nitrogens with zero attached hydrogens (tertiary/aromatic N) is 1. The molecule has 1 aromatic rings. The molecule has 0 amide bonds. The lowest BCUT2D eigenvalue weighted by Crippen LogP contribution is -2.11. The molecule has 0 unspecified atom stereocenters. The first-order chi connectivity index (χ1) is 6.15. The highest BCUT2D eigenvalue weighted by Gasteiger charge is 2.10. The van der Waals surface area contributed by atoms with E-state index in [0.29, 0.717) is 10.0 Å². The minimum absolute atomic E-state index is 0. The van der Waals surface area contributed by atoms with E-state index in [9.17, 15) is 4.39 Å². The third-order valence-electron chi connectivity index (χ3n) is 1.67. The fraction of sp³-hybridized carbons (Fsp3) is 0.222. The first kappa shape index (κ1) is 13.4. The zero-order chi connectivity index (χ0) is 9.84. The first-order valence-electron chi connectivity index (χ1n) is 3.72. The van der Waals surface area contributed by atoms with Gasteiger partial charge < -0.3 is 5.73 Å². The monoisotopic (exact) mass is 278 g/mol. The van der Waals surface area contributed by atoms with Gasteiger partial charge in [0.2, 0.25) is 0 Å². The predicted octanol–water partition coefficient (Wildman–Crippen LogP) is 2.92. The fourth-order valence-corrected chi connectivity index (χ4v) is 1.34. The van der Waals surface area contributed by atoms with Gasteiger partial charge in [0.15, 0.2) is 0 Å². The van der Waals surface area contributed by atoms with Crippen LogP contribution in [0.25, 0.3) is 0 Å². The molecule has 0 aliphatic heterocycles. The van der Waals surface area contributed by atoms with E-state index in [-0.39, 0.29) is 24.6 Å². The van der Waals surface area contributed by atoms with Crippen molar-refractivity contribution in [2.45, 2.75) is 12.5 Å². The van der Waals surface area contributed by atoms with Crippen LogP contribution in [0.1, 0.15) is 18.0 Å². The van der Waals surface area contributed by atoms with Crippen LogP contribution >= 0.6 is 28.3 Å². The molecule has 5 heteroatoms. The Balaban J connectivity index is 0.00000169. The Hall–Kier alpha value is -0.630. The summed E-state index contributed by atoms with van der Waals surface area (Å²) in [7, 11) is 0. The second-order valence-corrected chi connectivity index (χ2v) is 3.55. The third kappa shape index (κ3) is 3.26. The van der Waals surface area contributed by atoms with Crippen LogP contribution in [-0.4, -0.2) is 0 Å². The van der Waals surface area contributed by atoms with Crippen LogP contribution in [0.5, 0.6) is 0 Å². The number of benzene rings is 1. The predicted molar refractivity (Wildman–Crippen MR) is 58.5 cm³/mol. The zero-order valence-corrected chi connectivity index (χ0v) is 9.61. The second-order valence-electron chi connectivity index (χ2n) is 2.63. The molecule has 0 aliphatic rings. The lowest BCUT2D eigenvalue weighted by atomic mass is 10.1. The molecule has 0 bridgehead atoms. The van der Waals surface area contributed by atoms with E-state index in [2.05, 4.69) is 15.9 Å². The molecule has 0 aliphatic carbocycles. The minimum atomic E-state index is -0.543. The fourth-order valence-electron chi connectivity index (χ4n) is 1.01. The Morgan fingerprint density at radius 1 is 1.57 bits per heavy atom. The number of hydrogen-bond donors (Lipinski definition) is 1. The van der Waals surface area contributed by atoms with Gasteiger partial charge in [-0.15, -0.1) is 12.4 Å². The summed E-state index contributed by atoms with van der Waals surface area (Å²) in [4.78, 5) is 0. The molecule has 0 saturated heterocycles. The van der Waals surface area contributed by atoms with Crippen LogP contribution in [0.4, 0.5) is 4.39 Å². The molecule has 76 valence electrons. The number of rotatable bonds is 2. The number of hydrogen-bond acceptors (Lipinski definition) is 2. The lowest BCUT2D eigenvalue weighted by Gasteiger charge is -2.08. The van der Waals surface area contributed by atoms with E-state index >= 15 is 0 Å². The Kier molecular flexibility index (Phi) is 5.70. The van der Waals surface area contributed by atoms with E-state index < -0.39 is 6.04 Å². The van der Waals surface area contributed by atoms with Crippen molar-refractivity contribution in [3.63, 3.8) is 0 Å². The van der Waals surface area contributed by atoms with Gasteiger partial charge in [-0.25, -0.2) is 4.39 Å². The quantitative estimate of drug-likeness (QED) is 0.905. The smallest absolute Gasteiger partial charge is 0.129 e. The van der Waals surface area contributed by atoms with Crippen molar-refractivity contribution in [2.24, 2.45) is 5.73 Å². The maximum atomic E-state index is 13.2. The molecule has 0 fully saturated rings. The molecule has 0 radical (unpaired) electrons. The molecule has 0 spiro atoms. The van der Waals surface area contributed by atoms with Crippen molar-refractivity contribution in [3.8, 4) is 6.07 Å². The summed E-state index contributed by atoms with van der Waals surface area (Å²) in [6, 6.07) is 5.99. The van der Waals surface area contributed by atoms with Gasteiger partial charge in [-0.1, -0.05) is 22.0 Å². The minimum Gasteiger partial charge on any atom is -0.323 e. The molecule has 1 atom stereocenters. The van der Waals surface area contributed by atoms with Crippen LogP contribution in [0, 0.1) is 17.1 Å². The van der Waals surface area contributed by atoms with Gasteiger partial charge in [-0.2, -0.15) is 5.26 Å². The molecule has 14 heavy (non-hydrogen) atoms. The van der Waals surface area contributed by atoms with E-state index in [0.717, 1.165) is 0 Å². The van der Waals surface area contributed by atoms with E-state index in [1.807, 2.05) is 6.07 Å². The maximum Gasteiger partial charge on any atom is 0.129 e. The molecule has 1 rings (SSSR count). The van der Waals surface area contributed by atoms with Gasteiger partial charge in [0, 0.05) is 16.1 Å². The average molecular weight is 280 g/mol. The average Bonchev–Trinajstić information content (AvgIpc) is 2.04. The highest BCUT2D eigenvalue weighted by atomic mass is 79.9. The molecule has 1 aromatic carbocycles. The number of nitriles is 1. The first-order valence-corrected chi connectivity index (χ1v) is 4.52. The second kappa shape index (κ2) is 5.97. The van der Waals surface area contributed by atoms with Gasteiger partial charge in [0.1, 0.15) is 5.82 Å². The zero-order valence-electron chi connectivity index (χ0n) is 7.21.